The number of aryl methyl sites for hydroxylation is 1. The zero-order valence-electron chi connectivity index (χ0n) is 11.0. The van der Waals surface area contributed by atoms with Crippen LogP contribution in [0.2, 0.25) is 0 Å². The third-order valence-electron chi connectivity index (χ3n) is 2.68. The molecule has 100 valence electrons. The summed E-state index contributed by atoms with van der Waals surface area (Å²) in [5.74, 6) is 0.338. The Morgan fingerprint density at radius 3 is 2.72 bits per heavy atom. The van der Waals surface area contributed by atoms with Gasteiger partial charge in [-0.3, -0.25) is 9.00 Å². The largest absolute Gasteiger partial charge is 0.399 e. The van der Waals surface area contributed by atoms with E-state index in [1.807, 2.05) is 13.8 Å². The standard InChI is InChI=1S/C13H20N2O2S/c1-4-7-18(17)10(3)13(16)15-12-6-5-11(14)8-9(12)2/h5-6,8,10H,4,7,14H2,1-3H3,(H,15,16). The fraction of sp³-hybridized carbons (Fsp3) is 0.462. The molecule has 2 unspecified atom stereocenters. The van der Waals surface area contributed by atoms with E-state index in [1.165, 1.54) is 0 Å². The number of hydrogen-bond donors (Lipinski definition) is 2. The second kappa shape index (κ2) is 6.54. The van der Waals surface area contributed by atoms with Gasteiger partial charge in [0.1, 0.15) is 5.25 Å². The van der Waals surface area contributed by atoms with Gasteiger partial charge in [0.25, 0.3) is 0 Å². The van der Waals surface area contributed by atoms with Crippen LogP contribution in [0.3, 0.4) is 0 Å². The molecule has 0 aliphatic carbocycles. The van der Waals surface area contributed by atoms with Crippen molar-refractivity contribution in [2.45, 2.75) is 32.4 Å². The molecule has 0 bridgehead atoms. The highest BCUT2D eigenvalue weighted by Crippen LogP contribution is 2.18. The number of nitrogens with two attached hydrogens (primary N) is 1. The smallest absolute Gasteiger partial charge is 0.239 e. The molecule has 1 aromatic rings. The maximum Gasteiger partial charge on any atom is 0.239 e. The number of amides is 1. The molecule has 0 aliphatic rings. The highest BCUT2D eigenvalue weighted by atomic mass is 32.2. The number of carbonyl (C=O) groups excluding carboxylic acids is 1. The highest BCUT2D eigenvalue weighted by molar-refractivity contribution is 7.86. The molecule has 0 saturated heterocycles. The van der Waals surface area contributed by atoms with Crippen LogP contribution in [-0.4, -0.2) is 21.1 Å². The number of nitrogen functional groups attached to an aromatic ring is 1. The summed E-state index contributed by atoms with van der Waals surface area (Å²) >= 11 is 0. The molecule has 4 nitrogen and oxygen atoms in total. The van der Waals surface area contributed by atoms with E-state index < -0.39 is 16.0 Å². The number of benzene rings is 1. The molecule has 1 rings (SSSR count). The van der Waals surface area contributed by atoms with E-state index in [0.29, 0.717) is 11.4 Å². The maximum atomic E-state index is 11.9. The van der Waals surface area contributed by atoms with Crippen LogP contribution in [0.4, 0.5) is 11.4 Å². The van der Waals surface area contributed by atoms with Crippen LogP contribution in [0, 0.1) is 6.92 Å². The second-order valence-corrected chi connectivity index (χ2v) is 6.17. The summed E-state index contributed by atoms with van der Waals surface area (Å²) in [6, 6.07) is 5.29. The number of nitrogens with one attached hydrogen (secondary N) is 1. The van der Waals surface area contributed by atoms with Gasteiger partial charge in [-0.2, -0.15) is 0 Å². The molecule has 0 radical (unpaired) electrons. The van der Waals surface area contributed by atoms with Crippen LogP contribution >= 0.6 is 0 Å². The van der Waals surface area contributed by atoms with Crippen LogP contribution in [0.25, 0.3) is 0 Å². The van der Waals surface area contributed by atoms with Gasteiger partial charge < -0.3 is 11.1 Å². The van der Waals surface area contributed by atoms with Crippen LogP contribution in [0.15, 0.2) is 18.2 Å². The van der Waals surface area contributed by atoms with Crippen molar-refractivity contribution in [3.05, 3.63) is 23.8 Å². The lowest BCUT2D eigenvalue weighted by Gasteiger charge is -2.13. The topological polar surface area (TPSA) is 72.2 Å². The van der Waals surface area contributed by atoms with Gasteiger partial charge in [0.05, 0.1) is 0 Å². The number of rotatable bonds is 5. The van der Waals surface area contributed by atoms with E-state index in [1.54, 1.807) is 25.1 Å². The first-order valence-electron chi connectivity index (χ1n) is 6.00. The van der Waals surface area contributed by atoms with Crippen LogP contribution < -0.4 is 11.1 Å². The van der Waals surface area contributed by atoms with Gasteiger partial charge in [0.15, 0.2) is 0 Å². The van der Waals surface area contributed by atoms with Crippen molar-refractivity contribution in [2.75, 3.05) is 16.8 Å². The van der Waals surface area contributed by atoms with Gasteiger partial charge in [-0.25, -0.2) is 0 Å². The summed E-state index contributed by atoms with van der Waals surface area (Å²) in [7, 11) is -1.12. The number of hydrogen-bond acceptors (Lipinski definition) is 3. The Morgan fingerprint density at radius 2 is 2.17 bits per heavy atom. The molecule has 1 amide bonds. The zero-order valence-corrected chi connectivity index (χ0v) is 11.8. The number of carbonyl (C=O) groups is 1. The third kappa shape index (κ3) is 3.84. The third-order valence-corrected chi connectivity index (χ3v) is 4.49. The van der Waals surface area contributed by atoms with E-state index in [9.17, 15) is 9.00 Å². The van der Waals surface area contributed by atoms with E-state index in [2.05, 4.69) is 5.32 Å². The lowest BCUT2D eigenvalue weighted by atomic mass is 10.2. The van der Waals surface area contributed by atoms with Crippen LogP contribution in [0.5, 0.6) is 0 Å². The Balaban J connectivity index is 2.72. The van der Waals surface area contributed by atoms with E-state index in [4.69, 9.17) is 5.73 Å². The van der Waals surface area contributed by atoms with Crippen LogP contribution in [-0.2, 0) is 15.6 Å². The van der Waals surface area contributed by atoms with Gasteiger partial charge in [0.2, 0.25) is 5.91 Å². The normalized spacial score (nSPS) is 13.9. The van der Waals surface area contributed by atoms with Gasteiger partial charge in [0, 0.05) is 27.9 Å². The van der Waals surface area contributed by atoms with Gasteiger partial charge >= 0.3 is 0 Å². The van der Waals surface area contributed by atoms with Crippen LogP contribution in [0.1, 0.15) is 25.8 Å². The summed E-state index contributed by atoms with van der Waals surface area (Å²) in [5, 5.41) is 2.29. The molecular weight excluding hydrogens is 248 g/mol. The SMILES string of the molecule is CCCS(=O)C(C)C(=O)Nc1ccc(N)cc1C. The molecule has 0 spiro atoms. The Kier molecular flexibility index (Phi) is 5.34. The summed E-state index contributed by atoms with van der Waals surface area (Å²) < 4.78 is 11.7. The fourth-order valence-electron chi connectivity index (χ4n) is 1.56. The predicted octanol–water partition coefficient (Wildman–Crippen LogP) is 2.06. The highest BCUT2D eigenvalue weighted by Gasteiger charge is 2.19. The Bertz CT molecular complexity index is 460. The van der Waals surface area contributed by atoms with Crippen molar-refractivity contribution >= 4 is 28.1 Å². The minimum atomic E-state index is -1.12. The van der Waals surface area contributed by atoms with E-state index in [-0.39, 0.29) is 5.91 Å². The minimum absolute atomic E-state index is 0.213. The van der Waals surface area contributed by atoms with Crippen molar-refractivity contribution in [3.63, 3.8) is 0 Å². The van der Waals surface area contributed by atoms with Gasteiger partial charge in [-0.15, -0.1) is 0 Å². The van der Waals surface area contributed by atoms with Crippen molar-refractivity contribution in [2.24, 2.45) is 0 Å². The van der Waals surface area contributed by atoms with Crippen molar-refractivity contribution in [1.82, 2.24) is 0 Å². The first-order chi connectivity index (χ1) is 8.45. The average Bonchev–Trinajstić information content (AvgIpc) is 2.32. The molecule has 0 aliphatic heterocycles. The Labute approximate surface area is 110 Å². The van der Waals surface area contributed by atoms with Gasteiger partial charge in [-0.05, 0) is 44.0 Å². The lowest BCUT2D eigenvalue weighted by molar-refractivity contribution is -0.115. The Hall–Kier alpha value is -1.36. The summed E-state index contributed by atoms with van der Waals surface area (Å²) in [4.78, 5) is 11.9. The predicted molar refractivity (Wildman–Crippen MR) is 77.0 cm³/mol. The molecule has 0 saturated carbocycles. The molecule has 3 N–H and O–H groups in total. The molecule has 2 atom stereocenters. The first-order valence-corrected chi connectivity index (χ1v) is 7.38. The van der Waals surface area contributed by atoms with Crippen molar-refractivity contribution < 1.29 is 9.00 Å². The fourth-order valence-corrected chi connectivity index (χ4v) is 2.61. The molecule has 5 heteroatoms. The van der Waals surface area contributed by atoms with Crippen molar-refractivity contribution in [1.29, 1.82) is 0 Å². The molecular formula is C13H20N2O2S. The first kappa shape index (κ1) is 14.7. The van der Waals surface area contributed by atoms with Crippen molar-refractivity contribution in [3.8, 4) is 0 Å². The quantitative estimate of drug-likeness (QED) is 0.803. The van der Waals surface area contributed by atoms with Gasteiger partial charge in [-0.1, -0.05) is 6.92 Å². The Morgan fingerprint density at radius 1 is 1.50 bits per heavy atom. The number of anilines is 2. The lowest BCUT2D eigenvalue weighted by Crippen LogP contribution is -2.30. The summed E-state index contributed by atoms with van der Waals surface area (Å²) in [6.07, 6.45) is 0.811. The van der Waals surface area contributed by atoms with E-state index in [0.717, 1.165) is 17.7 Å². The second-order valence-electron chi connectivity index (χ2n) is 4.29. The summed E-state index contributed by atoms with van der Waals surface area (Å²) in [5.41, 5.74) is 7.92. The monoisotopic (exact) mass is 268 g/mol. The molecule has 0 aromatic heterocycles. The maximum absolute atomic E-state index is 11.9. The summed E-state index contributed by atoms with van der Waals surface area (Å²) in [6.45, 7) is 5.51. The van der Waals surface area contributed by atoms with E-state index >= 15 is 0 Å². The average molecular weight is 268 g/mol. The molecule has 0 fully saturated rings. The molecule has 1 aromatic carbocycles. The zero-order chi connectivity index (χ0) is 13.7. The molecule has 0 heterocycles. The molecule has 18 heavy (non-hydrogen) atoms. The minimum Gasteiger partial charge on any atom is -0.399 e.